The molecule has 3 rings (SSSR count). The summed E-state index contributed by atoms with van der Waals surface area (Å²) in [5.74, 6) is 0.384. The minimum absolute atomic E-state index is 0.238. The van der Waals surface area contributed by atoms with Crippen molar-refractivity contribution in [3.05, 3.63) is 65.4 Å². The molecule has 0 aliphatic carbocycles. The SMILES string of the molecule is Cc1ccc2c(COc3ccc(C(F)(F)F)cc3)coc2c1. The number of alkyl halides is 3. The van der Waals surface area contributed by atoms with E-state index in [1.54, 1.807) is 6.26 Å². The molecule has 0 aliphatic heterocycles. The highest BCUT2D eigenvalue weighted by molar-refractivity contribution is 5.81. The Morgan fingerprint density at radius 3 is 2.45 bits per heavy atom. The van der Waals surface area contributed by atoms with Gasteiger partial charge in [-0.2, -0.15) is 13.2 Å². The number of furan rings is 1. The molecule has 0 N–H and O–H groups in total. The van der Waals surface area contributed by atoms with Crippen molar-refractivity contribution in [2.75, 3.05) is 0 Å². The predicted molar refractivity (Wildman–Crippen MR) is 76.7 cm³/mol. The molecular weight excluding hydrogens is 293 g/mol. The van der Waals surface area contributed by atoms with Crippen LogP contribution in [0.4, 0.5) is 13.2 Å². The summed E-state index contributed by atoms with van der Waals surface area (Å²) in [6, 6.07) is 10.5. The van der Waals surface area contributed by atoms with Gasteiger partial charge in [0.1, 0.15) is 17.9 Å². The van der Waals surface area contributed by atoms with E-state index in [4.69, 9.17) is 9.15 Å². The first-order valence-corrected chi connectivity index (χ1v) is 6.70. The van der Waals surface area contributed by atoms with Gasteiger partial charge in [0.05, 0.1) is 11.8 Å². The fourth-order valence-corrected chi connectivity index (χ4v) is 2.20. The van der Waals surface area contributed by atoms with E-state index in [2.05, 4.69) is 0 Å². The van der Waals surface area contributed by atoms with Crippen molar-refractivity contribution in [1.82, 2.24) is 0 Å². The second-order valence-corrected chi connectivity index (χ2v) is 5.07. The standard InChI is InChI=1S/C17H13F3O2/c1-11-2-7-15-12(10-22-16(15)8-11)9-21-14-5-3-13(4-6-14)17(18,19)20/h2-8,10H,9H2,1H3. The average molecular weight is 306 g/mol. The van der Waals surface area contributed by atoms with Crippen molar-refractivity contribution in [1.29, 1.82) is 0 Å². The van der Waals surface area contributed by atoms with E-state index in [1.807, 2.05) is 25.1 Å². The molecule has 1 aromatic heterocycles. The number of fused-ring (bicyclic) bond motifs is 1. The summed E-state index contributed by atoms with van der Waals surface area (Å²) in [6.45, 7) is 2.21. The van der Waals surface area contributed by atoms with Crippen molar-refractivity contribution < 1.29 is 22.3 Å². The highest BCUT2D eigenvalue weighted by atomic mass is 19.4. The van der Waals surface area contributed by atoms with Crippen LogP contribution in [0.5, 0.6) is 5.75 Å². The molecule has 0 aliphatic rings. The molecule has 2 nitrogen and oxygen atoms in total. The van der Waals surface area contributed by atoms with E-state index in [-0.39, 0.29) is 6.61 Å². The normalized spacial score (nSPS) is 11.8. The molecule has 0 amide bonds. The molecule has 5 heteroatoms. The lowest BCUT2D eigenvalue weighted by Gasteiger charge is -2.08. The van der Waals surface area contributed by atoms with Gasteiger partial charge in [0.15, 0.2) is 0 Å². The fraction of sp³-hybridized carbons (Fsp3) is 0.176. The van der Waals surface area contributed by atoms with E-state index >= 15 is 0 Å². The summed E-state index contributed by atoms with van der Waals surface area (Å²) >= 11 is 0. The molecule has 0 unspecified atom stereocenters. The van der Waals surface area contributed by atoms with Gasteiger partial charge in [-0.1, -0.05) is 12.1 Å². The van der Waals surface area contributed by atoms with Crippen molar-refractivity contribution in [2.24, 2.45) is 0 Å². The van der Waals surface area contributed by atoms with Gasteiger partial charge in [-0.15, -0.1) is 0 Å². The molecule has 0 atom stereocenters. The minimum Gasteiger partial charge on any atom is -0.489 e. The third kappa shape index (κ3) is 2.93. The number of benzene rings is 2. The van der Waals surface area contributed by atoms with E-state index in [1.165, 1.54) is 12.1 Å². The molecule has 1 heterocycles. The molecule has 0 saturated heterocycles. The molecule has 0 bridgehead atoms. The maximum absolute atomic E-state index is 12.5. The van der Waals surface area contributed by atoms with Crippen LogP contribution in [0.1, 0.15) is 16.7 Å². The van der Waals surface area contributed by atoms with Crippen LogP contribution in [0, 0.1) is 6.92 Å². The van der Waals surface area contributed by atoms with E-state index in [0.29, 0.717) is 5.75 Å². The molecule has 2 aromatic carbocycles. The summed E-state index contributed by atoms with van der Waals surface area (Å²) in [4.78, 5) is 0. The number of rotatable bonds is 3. The summed E-state index contributed by atoms with van der Waals surface area (Å²) in [6.07, 6.45) is -2.73. The molecule has 22 heavy (non-hydrogen) atoms. The Morgan fingerprint density at radius 1 is 1.05 bits per heavy atom. The summed E-state index contributed by atoms with van der Waals surface area (Å²) in [5, 5.41) is 0.942. The van der Waals surface area contributed by atoms with Gasteiger partial charge < -0.3 is 9.15 Å². The molecular formula is C17H13F3O2. The molecule has 114 valence electrons. The smallest absolute Gasteiger partial charge is 0.416 e. The maximum atomic E-state index is 12.5. The molecule has 0 saturated carbocycles. The van der Waals surface area contributed by atoms with Crippen LogP contribution >= 0.6 is 0 Å². The second kappa shape index (κ2) is 5.40. The Balaban J connectivity index is 1.74. The van der Waals surface area contributed by atoms with E-state index in [0.717, 1.165) is 34.2 Å². The Bertz CT molecular complexity index is 786. The largest absolute Gasteiger partial charge is 0.489 e. The van der Waals surface area contributed by atoms with Crippen molar-refractivity contribution in [3.63, 3.8) is 0 Å². The first-order valence-electron chi connectivity index (χ1n) is 6.70. The van der Waals surface area contributed by atoms with Crippen LogP contribution in [0.2, 0.25) is 0 Å². The lowest BCUT2D eigenvalue weighted by atomic mass is 10.1. The number of halogens is 3. The Hall–Kier alpha value is -2.43. The van der Waals surface area contributed by atoms with E-state index < -0.39 is 11.7 Å². The van der Waals surface area contributed by atoms with Crippen molar-refractivity contribution in [3.8, 4) is 5.75 Å². The zero-order valence-corrected chi connectivity index (χ0v) is 11.8. The van der Waals surface area contributed by atoms with Crippen molar-refractivity contribution >= 4 is 11.0 Å². The summed E-state index contributed by atoms with van der Waals surface area (Å²) in [5.41, 5.74) is 2.03. The molecule has 0 radical (unpaired) electrons. The first-order chi connectivity index (χ1) is 10.4. The van der Waals surface area contributed by atoms with Crippen LogP contribution in [0.25, 0.3) is 11.0 Å². The number of hydrogen-bond acceptors (Lipinski definition) is 2. The minimum atomic E-state index is -4.34. The van der Waals surface area contributed by atoms with Gasteiger partial charge in [0.2, 0.25) is 0 Å². The Labute approximate surface area is 125 Å². The number of aryl methyl sites for hydroxylation is 1. The lowest BCUT2D eigenvalue weighted by Crippen LogP contribution is -2.04. The van der Waals surface area contributed by atoms with Crippen LogP contribution in [-0.2, 0) is 12.8 Å². The lowest BCUT2D eigenvalue weighted by molar-refractivity contribution is -0.137. The van der Waals surface area contributed by atoms with Gasteiger partial charge in [0, 0.05) is 10.9 Å². The zero-order valence-electron chi connectivity index (χ0n) is 11.8. The summed E-state index contributed by atoms with van der Waals surface area (Å²) < 4.78 is 48.4. The molecule has 0 spiro atoms. The molecule has 0 fully saturated rings. The average Bonchev–Trinajstić information content (AvgIpc) is 2.87. The van der Waals surface area contributed by atoms with Crippen LogP contribution < -0.4 is 4.74 Å². The third-order valence-electron chi connectivity index (χ3n) is 3.39. The van der Waals surface area contributed by atoms with Crippen molar-refractivity contribution in [2.45, 2.75) is 19.7 Å². The predicted octanol–water partition coefficient (Wildman–Crippen LogP) is 5.34. The Morgan fingerprint density at radius 2 is 1.77 bits per heavy atom. The fourth-order valence-electron chi connectivity index (χ4n) is 2.20. The first kappa shape index (κ1) is 14.5. The third-order valence-corrected chi connectivity index (χ3v) is 3.39. The zero-order chi connectivity index (χ0) is 15.7. The second-order valence-electron chi connectivity index (χ2n) is 5.07. The molecule has 3 aromatic rings. The van der Waals surface area contributed by atoms with Gasteiger partial charge in [-0.25, -0.2) is 0 Å². The number of ether oxygens (including phenoxy) is 1. The maximum Gasteiger partial charge on any atom is 0.416 e. The van der Waals surface area contributed by atoms with Gasteiger partial charge in [-0.05, 0) is 42.8 Å². The topological polar surface area (TPSA) is 22.4 Å². The Kier molecular flexibility index (Phi) is 3.56. The van der Waals surface area contributed by atoms with Crippen LogP contribution in [0.15, 0.2) is 53.1 Å². The van der Waals surface area contributed by atoms with E-state index in [9.17, 15) is 13.2 Å². The van der Waals surface area contributed by atoms with Crippen LogP contribution in [0.3, 0.4) is 0 Å². The highest BCUT2D eigenvalue weighted by Crippen LogP contribution is 2.30. The quantitative estimate of drug-likeness (QED) is 0.652. The number of hydrogen-bond donors (Lipinski definition) is 0. The monoisotopic (exact) mass is 306 g/mol. The van der Waals surface area contributed by atoms with Gasteiger partial charge in [-0.3, -0.25) is 0 Å². The highest BCUT2D eigenvalue weighted by Gasteiger charge is 2.30. The summed E-state index contributed by atoms with van der Waals surface area (Å²) in [7, 11) is 0. The van der Waals surface area contributed by atoms with Crippen LogP contribution in [-0.4, -0.2) is 0 Å². The van der Waals surface area contributed by atoms with Gasteiger partial charge >= 0.3 is 6.18 Å². The van der Waals surface area contributed by atoms with Gasteiger partial charge in [0.25, 0.3) is 0 Å².